The highest BCUT2D eigenvalue weighted by molar-refractivity contribution is 5.77. The van der Waals surface area contributed by atoms with Crippen LogP contribution in [0.5, 0.6) is 0 Å². The highest BCUT2D eigenvalue weighted by atomic mass is 19.1. The van der Waals surface area contributed by atoms with Crippen LogP contribution >= 0.6 is 0 Å². The molecular formula is C14H18FN3O. The summed E-state index contributed by atoms with van der Waals surface area (Å²) in [5.74, 6) is -1.06. The van der Waals surface area contributed by atoms with Crippen LogP contribution in [0.3, 0.4) is 0 Å². The second-order valence-electron chi connectivity index (χ2n) is 4.59. The second kappa shape index (κ2) is 7.49. The molecule has 0 aliphatic carbocycles. The monoisotopic (exact) mass is 263 g/mol. The summed E-state index contributed by atoms with van der Waals surface area (Å²) in [5.41, 5.74) is 0.659. The van der Waals surface area contributed by atoms with E-state index in [2.05, 4.69) is 11.4 Å². The summed E-state index contributed by atoms with van der Waals surface area (Å²) in [5, 5.41) is 11.8. The predicted octanol–water partition coefficient (Wildman–Crippen LogP) is 1.50. The van der Waals surface area contributed by atoms with Gasteiger partial charge in [0.05, 0.1) is 12.0 Å². The van der Waals surface area contributed by atoms with E-state index < -0.39 is 5.92 Å². The molecule has 0 aliphatic rings. The number of hydrogen-bond donors (Lipinski definition) is 1. The maximum absolute atomic E-state index is 12.8. The van der Waals surface area contributed by atoms with Gasteiger partial charge in [-0.2, -0.15) is 5.26 Å². The van der Waals surface area contributed by atoms with Gasteiger partial charge in [-0.3, -0.25) is 4.79 Å². The van der Waals surface area contributed by atoms with E-state index in [1.807, 2.05) is 19.0 Å². The van der Waals surface area contributed by atoms with Crippen LogP contribution in [-0.2, 0) is 4.79 Å². The van der Waals surface area contributed by atoms with Crippen LogP contribution in [0.15, 0.2) is 24.3 Å². The maximum atomic E-state index is 12.8. The van der Waals surface area contributed by atoms with Gasteiger partial charge in [-0.05, 0) is 31.8 Å². The van der Waals surface area contributed by atoms with Gasteiger partial charge in [0.1, 0.15) is 5.82 Å². The number of rotatable bonds is 6. The number of halogens is 1. The molecule has 1 unspecified atom stereocenters. The standard InChI is InChI=1S/C14H18FN3O/c1-18(2)8-7-17-14(19)9-12(10-16)11-3-5-13(15)6-4-11/h3-6,12H,7-9H2,1-2H3,(H,17,19). The zero-order valence-electron chi connectivity index (χ0n) is 11.2. The van der Waals surface area contributed by atoms with Crippen molar-refractivity contribution in [2.24, 2.45) is 0 Å². The van der Waals surface area contributed by atoms with E-state index in [9.17, 15) is 9.18 Å². The number of likely N-dealkylation sites (N-methyl/N-ethyl adjacent to an activating group) is 1. The number of hydrogen-bond acceptors (Lipinski definition) is 3. The smallest absolute Gasteiger partial charge is 0.221 e. The molecule has 0 heterocycles. The molecule has 1 N–H and O–H groups in total. The van der Waals surface area contributed by atoms with Crippen LogP contribution in [0.25, 0.3) is 0 Å². The molecule has 0 saturated carbocycles. The SMILES string of the molecule is CN(C)CCNC(=O)CC(C#N)c1ccc(F)cc1. The van der Waals surface area contributed by atoms with Crippen molar-refractivity contribution >= 4 is 5.91 Å². The van der Waals surface area contributed by atoms with Crippen molar-refractivity contribution in [3.63, 3.8) is 0 Å². The number of benzene rings is 1. The molecule has 102 valence electrons. The highest BCUT2D eigenvalue weighted by Gasteiger charge is 2.15. The van der Waals surface area contributed by atoms with Gasteiger partial charge in [0.2, 0.25) is 5.91 Å². The zero-order chi connectivity index (χ0) is 14.3. The Kier molecular flexibility index (Phi) is 5.97. The summed E-state index contributed by atoms with van der Waals surface area (Å²) < 4.78 is 12.8. The van der Waals surface area contributed by atoms with Crippen molar-refractivity contribution in [3.8, 4) is 6.07 Å². The van der Waals surface area contributed by atoms with E-state index in [0.29, 0.717) is 12.1 Å². The van der Waals surface area contributed by atoms with Gasteiger partial charge in [0, 0.05) is 19.5 Å². The molecule has 1 atom stereocenters. The van der Waals surface area contributed by atoms with Crippen molar-refractivity contribution in [1.82, 2.24) is 10.2 Å². The molecule has 5 heteroatoms. The fraction of sp³-hybridized carbons (Fsp3) is 0.429. The first-order valence-corrected chi connectivity index (χ1v) is 6.09. The Morgan fingerprint density at radius 2 is 2.05 bits per heavy atom. The average Bonchev–Trinajstić information content (AvgIpc) is 2.36. The number of nitriles is 1. The topological polar surface area (TPSA) is 56.1 Å². The summed E-state index contributed by atoms with van der Waals surface area (Å²) in [4.78, 5) is 13.6. The summed E-state index contributed by atoms with van der Waals surface area (Å²) in [6, 6.07) is 7.74. The van der Waals surface area contributed by atoms with Gasteiger partial charge >= 0.3 is 0 Å². The third-order valence-electron chi connectivity index (χ3n) is 2.70. The van der Waals surface area contributed by atoms with Gasteiger partial charge in [-0.25, -0.2) is 4.39 Å². The molecule has 1 amide bonds. The molecule has 0 aliphatic heterocycles. The zero-order valence-corrected chi connectivity index (χ0v) is 11.2. The lowest BCUT2D eigenvalue weighted by molar-refractivity contribution is -0.121. The minimum Gasteiger partial charge on any atom is -0.355 e. The molecule has 0 saturated heterocycles. The molecule has 19 heavy (non-hydrogen) atoms. The molecule has 0 spiro atoms. The van der Waals surface area contributed by atoms with Crippen molar-refractivity contribution < 1.29 is 9.18 Å². The van der Waals surface area contributed by atoms with Gasteiger partial charge in [-0.15, -0.1) is 0 Å². The number of carbonyl (C=O) groups is 1. The lowest BCUT2D eigenvalue weighted by atomic mass is 9.97. The Morgan fingerprint density at radius 1 is 1.42 bits per heavy atom. The number of carbonyl (C=O) groups excluding carboxylic acids is 1. The Hall–Kier alpha value is -1.93. The molecule has 4 nitrogen and oxygen atoms in total. The fourth-order valence-electron chi connectivity index (χ4n) is 1.61. The number of nitrogens with one attached hydrogen (secondary N) is 1. The average molecular weight is 263 g/mol. The third-order valence-corrected chi connectivity index (χ3v) is 2.70. The van der Waals surface area contributed by atoms with Crippen molar-refractivity contribution in [2.45, 2.75) is 12.3 Å². The molecule has 0 bridgehead atoms. The van der Waals surface area contributed by atoms with Crippen molar-refractivity contribution in [1.29, 1.82) is 5.26 Å². The number of nitrogens with zero attached hydrogens (tertiary/aromatic N) is 2. The Bertz CT molecular complexity index is 451. The van der Waals surface area contributed by atoms with Crippen LogP contribution in [-0.4, -0.2) is 38.0 Å². The Morgan fingerprint density at radius 3 is 2.58 bits per heavy atom. The first kappa shape index (κ1) is 15.1. The van der Waals surface area contributed by atoms with Crippen LogP contribution in [0.1, 0.15) is 17.9 Å². The lowest BCUT2D eigenvalue weighted by Crippen LogP contribution is -2.32. The predicted molar refractivity (Wildman–Crippen MR) is 70.9 cm³/mol. The van der Waals surface area contributed by atoms with Crippen LogP contribution in [0, 0.1) is 17.1 Å². The largest absolute Gasteiger partial charge is 0.355 e. The molecule has 0 aromatic heterocycles. The summed E-state index contributed by atoms with van der Waals surface area (Å²) >= 11 is 0. The number of amides is 1. The molecule has 0 fully saturated rings. The molecule has 1 aromatic carbocycles. The van der Waals surface area contributed by atoms with E-state index >= 15 is 0 Å². The third kappa shape index (κ3) is 5.49. The van der Waals surface area contributed by atoms with Gasteiger partial charge in [-0.1, -0.05) is 12.1 Å². The minimum atomic E-state index is -0.542. The van der Waals surface area contributed by atoms with Gasteiger partial charge in [0.15, 0.2) is 0 Å². The van der Waals surface area contributed by atoms with Crippen LogP contribution in [0.2, 0.25) is 0 Å². The lowest BCUT2D eigenvalue weighted by Gasteiger charge is -2.12. The molecule has 0 radical (unpaired) electrons. The quantitative estimate of drug-likeness (QED) is 0.846. The minimum absolute atomic E-state index is 0.0928. The summed E-state index contributed by atoms with van der Waals surface area (Å²) in [6.45, 7) is 1.30. The fourth-order valence-corrected chi connectivity index (χ4v) is 1.61. The highest BCUT2D eigenvalue weighted by Crippen LogP contribution is 2.18. The van der Waals surface area contributed by atoms with E-state index in [-0.39, 0.29) is 18.1 Å². The molecule has 1 rings (SSSR count). The Labute approximate surface area is 112 Å². The van der Waals surface area contributed by atoms with Crippen LogP contribution in [0.4, 0.5) is 4.39 Å². The van der Waals surface area contributed by atoms with Gasteiger partial charge in [0.25, 0.3) is 0 Å². The maximum Gasteiger partial charge on any atom is 0.221 e. The van der Waals surface area contributed by atoms with E-state index in [1.54, 1.807) is 0 Å². The van der Waals surface area contributed by atoms with Crippen molar-refractivity contribution in [3.05, 3.63) is 35.6 Å². The molecular weight excluding hydrogens is 245 g/mol. The van der Waals surface area contributed by atoms with E-state index in [4.69, 9.17) is 5.26 Å². The van der Waals surface area contributed by atoms with E-state index in [0.717, 1.165) is 6.54 Å². The first-order chi connectivity index (χ1) is 9.02. The van der Waals surface area contributed by atoms with Crippen LogP contribution < -0.4 is 5.32 Å². The first-order valence-electron chi connectivity index (χ1n) is 6.09. The van der Waals surface area contributed by atoms with E-state index in [1.165, 1.54) is 24.3 Å². The van der Waals surface area contributed by atoms with Gasteiger partial charge < -0.3 is 10.2 Å². The normalized spacial score (nSPS) is 11.9. The second-order valence-corrected chi connectivity index (χ2v) is 4.59. The van der Waals surface area contributed by atoms with Crippen molar-refractivity contribution in [2.75, 3.05) is 27.2 Å². The summed E-state index contributed by atoms with van der Waals surface area (Å²) in [6.07, 6.45) is 0.0928. The Balaban J connectivity index is 2.51. The summed E-state index contributed by atoms with van der Waals surface area (Å²) in [7, 11) is 3.84. The molecule has 1 aromatic rings.